The Morgan fingerprint density at radius 1 is 1.15 bits per heavy atom. The number of nitrogens with one attached hydrogen (secondary N) is 2. The number of anilines is 1. The molecule has 0 saturated heterocycles. The lowest BCUT2D eigenvalue weighted by Gasteiger charge is -2.15. The van der Waals surface area contributed by atoms with Crippen LogP contribution >= 0.6 is 23.6 Å². The summed E-state index contributed by atoms with van der Waals surface area (Å²) in [6.07, 6.45) is -4.41. The number of hydrogen-bond donors (Lipinski definition) is 2. The maximum atomic E-state index is 12.8. The van der Waals surface area contributed by atoms with Gasteiger partial charge in [0.1, 0.15) is 0 Å². The van der Waals surface area contributed by atoms with Crippen LogP contribution < -0.4 is 10.6 Å². The summed E-state index contributed by atoms with van der Waals surface area (Å²) in [4.78, 5) is 1.05. The molecule has 2 rings (SSSR count). The second kappa shape index (κ2) is 6.23. The zero-order valence-electron chi connectivity index (χ0n) is 10.2. The van der Waals surface area contributed by atoms with E-state index in [0.29, 0.717) is 6.54 Å². The number of halogens is 3. The van der Waals surface area contributed by atoms with E-state index in [9.17, 15) is 13.2 Å². The maximum Gasteiger partial charge on any atom is 0.418 e. The number of hydrogen-bond acceptors (Lipinski definition) is 2. The zero-order valence-corrected chi connectivity index (χ0v) is 11.8. The van der Waals surface area contributed by atoms with Gasteiger partial charge in [0.15, 0.2) is 5.11 Å². The van der Waals surface area contributed by atoms with Gasteiger partial charge in [0.25, 0.3) is 0 Å². The van der Waals surface area contributed by atoms with Crippen molar-refractivity contribution in [3.8, 4) is 0 Å². The first-order chi connectivity index (χ1) is 9.47. The molecule has 0 atom stereocenters. The smallest absolute Gasteiger partial charge is 0.358 e. The highest BCUT2D eigenvalue weighted by Gasteiger charge is 2.33. The molecule has 2 nitrogen and oxygen atoms in total. The first kappa shape index (κ1) is 14.8. The normalized spacial score (nSPS) is 11.2. The Bertz CT molecular complexity index is 580. The van der Waals surface area contributed by atoms with Gasteiger partial charge in [0.2, 0.25) is 0 Å². The Hall–Kier alpha value is -1.60. The van der Waals surface area contributed by atoms with E-state index in [1.54, 1.807) is 11.3 Å². The quantitative estimate of drug-likeness (QED) is 0.828. The van der Waals surface area contributed by atoms with Crippen LogP contribution in [0.15, 0.2) is 41.8 Å². The molecule has 0 saturated carbocycles. The third-order valence-corrected chi connectivity index (χ3v) is 3.61. The predicted octanol–water partition coefficient (Wildman–Crippen LogP) is 4.25. The lowest BCUT2D eigenvalue weighted by atomic mass is 10.2. The van der Waals surface area contributed by atoms with Crippen LogP contribution in [-0.4, -0.2) is 5.11 Å². The molecule has 7 heteroatoms. The number of para-hydroxylation sites is 1. The average molecular weight is 316 g/mol. The standard InChI is InChI=1S/C13H11F3N2S2/c14-13(15,16)10-5-1-2-6-11(10)18-12(19)17-8-9-4-3-7-20-9/h1-7H,8H2,(H2,17,18,19). The van der Waals surface area contributed by atoms with E-state index in [1.807, 2.05) is 17.5 Å². The van der Waals surface area contributed by atoms with E-state index in [1.165, 1.54) is 18.2 Å². The summed E-state index contributed by atoms with van der Waals surface area (Å²) in [5, 5.41) is 7.55. The Labute approximate surface area is 123 Å². The van der Waals surface area contributed by atoms with Gasteiger partial charge in [-0.25, -0.2) is 0 Å². The number of rotatable bonds is 3. The summed E-state index contributed by atoms with van der Waals surface area (Å²) in [6, 6.07) is 9.06. The largest absolute Gasteiger partial charge is 0.418 e. The average Bonchev–Trinajstić information content (AvgIpc) is 2.89. The highest BCUT2D eigenvalue weighted by Crippen LogP contribution is 2.34. The molecule has 106 valence electrons. The van der Waals surface area contributed by atoms with Crippen molar-refractivity contribution in [2.45, 2.75) is 12.7 Å². The molecule has 2 aromatic rings. The van der Waals surface area contributed by atoms with Crippen LogP contribution in [0.2, 0.25) is 0 Å². The van der Waals surface area contributed by atoms with Crippen LogP contribution in [0.1, 0.15) is 10.4 Å². The van der Waals surface area contributed by atoms with E-state index >= 15 is 0 Å². The van der Waals surface area contributed by atoms with Crippen molar-refractivity contribution >= 4 is 34.4 Å². The third-order valence-electron chi connectivity index (χ3n) is 2.48. The van der Waals surface area contributed by atoms with E-state index in [4.69, 9.17) is 12.2 Å². The van der Waals surface area contributed by atoms with Crippen molar-refractivity contribution in [2.24, 2.45) is 0 Å². The molecule has 0 bridgehead atoms. The number of thiophene rings is 1. The molecule has 0 aliphatic heterocycles. The molecule has 0 aliphatic rings. The summed E-state index contributed by atoms with van der Waals surface area (Å²) in [5.41, 5.74) is -0.788. The van der Waals surface area contributed by atoms with Crippen LogP contribution in [0.3, 0.4) is 0 Å². The van der Waals surface area contributed by atoms with Crippen LogP contribution in [0.4, 0.5) is 18.9 Å². The van der Waals surface area contributed by atoms with E-state index < -0.39 is 11.7 Å². The summed E-state index contributed by atoms with van der Waals surface area (Å²) >= 11 is 6.56. The molecule has 0 amide bonds. The van der Waals surface area contributed by atoms with Gasteiger partial charge in [0, 0.05) is 4.88 Å². The van der Waals surface area contributed by atoms with Gasteiger partial charge >= 0.3 is 6.18 Å². The molecule has 1 aromatic heterocycles. The van der Waals surface area contributed by atoms with Gasteiger partial charge in [0.05, 0.1) is 17.8 Å². The van der Waals surface area contributed by atoms with Gasteiger partial charge in [-0.1, -0.05) is 18.2 Å². The van der Waals surface area contributed by atoms with Crippen molar-refractivity contribution in [2.75, 3.05) is 5.32 Å². The number of alkyl halides is 3. The van der Waals surface area contributed by atoms with Crippen molar-refractivity contribution in [1.29, 1.82) is 0 Å². The SMILES string of the molecule is FC(F)(F)c1ccccc1NC(=S)NCc1cccs1. The summed E-state index contributed by atoms with van der Waals surface area (Å²) < 4.78 is 38.4. The van der Waals surface area contributed by atoms with Crippen molar-refractivity contribution in [1.82, 2.24) is 5.32 Å². The Morgan fingerprint density at radius 2 is 1.90 bits per heavy atom. The molecular formula is C13H11F3N2S2. The second-order valence-corrected chi connectivity index (χ2v) is 5.37. The first-order valence-corrected chi connectivity index (χ1v) is 6.99. The lowest BCUT2D eigenvalue weighted by Crippen LogP contribution is -2.28. The third kappa shape index (κ3) is 3.94. The molecular weight excluding hydrogens is 305 g/mol. The fourth-order valence-electron chi connectivity index (χ4n) is 1.59. The van der Waals surface area contributed by atoms with E-state index in [0.717, 1.165) is 10.9 Å². The number of thiocarbonyl (C=S) groups is 1. The Morgan fingerprint density at radius 3 is 2.55 bits per heavy atom. The summed E-state index contributed by atoms with van der Waals surface area (Å²) in [5.74, 6) is 0. The van der Waals surface area contributed by atoms with Crippen LogP contribution in [0, 0.1) is 0 Å². The second-order valence-electron chi connectivity index (χ2n) is 3.93. The van der Waals surface area contributed by atoms with Gasteiger partial charge in [-0.2, -0.15) is 13.2 Å². The van der Waals surface area contributed by atoms with Gasteiger partial charge in [-0.05, 0) is 35.8 Å². The summed E-state index contributed by atoms with van der Waals surface area (Å²) in [7, 11) is 0. The van der Waals surface area contributed by atoms with Gasteiger partial charge in [-0.3, -0.25) is 0 Å². The molecule has 0 spiro atoms. The maximum absolute atomic E-state index is 12.8. The zero-order chi connectivity index (χ0) is 14.6. The molecule has 20 heavy (non-hydrogen) atoms. The molecule has 0 radical (unpaired) electrons. The van der Waals surface area contributed by atoms with Gasteiger partial charge < -0.3 is 10.6 Å². The molecule has 1 aromatic carbocycles. The molecule has 0 unspecified atom stereocenters. The first-order valence-electron chi connectivity index (χ1n) is 5.70. The summed E-state index contributed by atoms with van der Waals surface area (Å²) in [6.45, 7) is 0.484. The highest BCUT2D eigenvalue weighted by molar-refractivity contribution is 7.80. The molecule has 1 heterocycles. The fraction of sp³-hybridized carbons (Fsp3) is 0.154. The number of benzene rings is 1. The van der Waals surface area contributed by atoms with Crippen molar-refractivity contribution in [3.05, 3.63) is 52.2 Å². The van der Waals surface area contributed by atoms with Crippen LogP contribution in [0.5, 0.6) is 0 Å². The highest BCUT2D eigenvalue weighted by atomic mass is 32.1. The van der Waals surface area contributed by atoms with E-state index in [-0.39, 0.29) is 10.8 Å². The monoisotopic (exact) mass is 316 g/mol. The topological polar surface area (TPSA) is 24.1 Å². The van der Waals surface area contributed by atoms with E-state index in [2.05, 4.69) is 10.6 Å². The lowest BCUT2D eigenvalue weighted by molar-refractivity contribution is -0.136. The molecule has 0 fully saturated rings. The Balaban J connectivity index is 2.01. The minimum atomic E-state index is -4.41. The molecule has 2 N–H and O–H groups in total. The fourth-order valence-corrected chi connectivity index (χ4v) is 2.41. The minimum absolute atomic E-state index is 0.0521. The predicted molar refractivity (Wildman–Crippen MR) is 78.8 cm³/mol. The van der Waals surface area contributed by atoms with Crippen molar-refractivity contribution in [3.63, 3.8) is 0 Å². The van der Waals surface area contributed by atoms with Crippen LogP contribution in [-0.2, 0) is 12.7 Å². The van der Waals surface area contributed by atoms with Crippen LogP contribution in [0.25, 0.3) is 0 Å². The minimum Gasteiger partial charge on any atom is -0.358 e. The van der Waals surface area contributed by atoms with Crippen molar-refractivity contribution < 1.29 is 13.2 Å². The molecule has 0 aliphatic carbocycles. The van der Waals surface area contributed by atoms with Gasteiger partial charge in [-0.15, -0.1) is 11.3 Å². The Kier molecular flexibility index (Phi) is 4.61.